The Morgan fingerprint density at radius 3 is 2.93 bits per heavy atom. The van der Waals surface area contributed by atoms with Crippen molar-refractivity contribution in [3.63, 3.8) is 0 Å². The molecule has 1 atom stereocenters. The van der Waals surface area contributed by atoms with Crippen LogP contribution in [0.3, 0.4) is 0 Å². The van der Waals surface area contributed by atoms with Gasteiger partial charge < -0.3 is 9.84 Å². The highest BCUT2D eigenvalue weighted by Crippen LogP contribution is 2.21. The molecule has 4 heteroatoms. The first-order valence-electron chi connectivity index (χ1n) is 4.65. The Morgan fingerprint density at radius 2 is 2.33 bits per heavy atom. The largest absolute Gasteiger partial charge is 0.492 e. The summed E-state index contributed by atoms with van der Waals surface area (Å²) in [7, 11) is 0. The van der Waals surface area contributed by atoms with Crippen molar-refractivity contribution in [1.29, 1.82) is 0 Å². The second kappa shape index (κ2) is 5.73. The van der Waals surface area contributed by atoms with Crippen LogP contribution in [0.4, 0.5) is 0 Å². The quantitative estimate of drug-likeness (QED) is 0.786. The Morgan fingerprint density at radius 1 is 1.60 bits per heavy atom. The number of aliphatic hydroxyl groups excluding tert-OH is 1. The molecule has 0 aliphatic rings. The van der Waals surface area contributed by atoms with Gasteiger partial charge in [0.2, 0.25) is 0 Å². The SMILES string of the molecule is C[C@@H](CO)COc1ccc(Cl)cc1C=O. The maximum atomic E-state index is 10.7. The van der Waals surface area contributed by atoms with Gasteiger partial charge in [0.1, 0.15) is 5.75 Å². The maximum absolute atomic E-state index is 10.7. The summed E-state index contributed by atoms with van der Waals surface area (Å²) < 4.78 is 5.39. The molecule has 0 heterocycles. The van der Waals surface area contributed by atoms with Gasteiger partial charge in [0, 0.05) is 17.5 Å². The van der Waals surface area contributed by atoms with Crippen LogP contribution in [-0.4, -0.2) is 24.6 Å². The number of rotatable bonds is 5. The van der Waals surface area contributed by atoms with E-state index in [0.29, 0.717) is 29.2 Å². The Hall–Kier alpha value is -1.06. The van der Waals surface area contributed by atoms with Gasteiger partial charge in [-0.05, 0) is 18.2 Å². The van der Waals surface area contributed by atoms with Gasteiger partial charge in [0.25, 0.3) is 0 Å². The Bertz CT molecular complexity index is 339. The fourth-order valence-corrected chi connectivity index (χ4v) is 1.21. The number of hydrogen-bond donors (Lipinski definition) is 1. The van der Waals surface area contributed by atoms with E-state index in [2.05, 4.69) is 0 Å². The van der Waals surface area contributed by atoms with Crippen molar-refractivity contribution in [3.8, 4) is 5.75 Å². The van der Waals surface area contributed by atoms with Crippen molar-refractivity contribution in [3.05, 3.63) is 28.8 Å². The lowest BCUT2D eigenvalue weighted by Crippen LogP contribution is -2.12. The van der Waals surface area contributed by atoms with Crippen molar-refractivity contribution in [2.24, 2.45) is 5.92 Å². The van der Waals surface area contributed by atoms with Crippen LogP contribution in [0.25, 0.3) is 0 Å². The first-order valence-corrected chi connectivity index (χ1v) is 5.03. The number of aldehydes is 1. The Kier molecular flexibility index (Phi) is 4.59. The standard InChI is InChI=1S/C11H13ClO3/c1-8(5-13)7-15-11-3-2-10(12)4-9(11)6-14/h2-4,6,8,13H,5,7H2,1H3/t8-/m0/s1. The lowest BCUT2D eigenvalue weighted by atomic mass is 10.2. The normalized spacial score (nSPS) is 12.2. The Balaban J connectivity index is 2.72. The lowest BCUT2D eigenvalue weighted by Gasteiger charge is -2.11. The van der Waals surface area contributed by atoms with E-state index in [0.717, 1.165) is 0 Å². The zero-order chi connectivity index (χ0) is 11.3. The van der Waals surface area contributed by atoms with E-state index >= 15 is 0 Å². The molecular formula is C11H13ClO3. The molecule has 1 rings (SSSR count). The molecule has 0 saturated heterocycles. The van der Waals surface area contributed by atoms with Crippen molar-refractivity contribution in [2.75, 3.05) is 13.2 Å². The molecule has 15 heavy (non-hydrogen) atoms. The summed E-state index contributed by atoms with van der Waals surface area (Å²) in [4.78, 5) is 10.7. The lowest BCUT2D eigenvalue weighted by molar-refractivity contribution is 0.111. The van der Waals surface area contributed by atoms with Crippen molar-refractivity contribution in [1.82, 2.24) is 0 Å². The molecule has 0 unspecified atom stereocenters. The fourth-order valence-electron chi connectivity index (χ4n) is 1.03. The second-order valence-electron chi connectivity index (χ2n) is 3.40. The second-order valence-corrected chi connectivity index (χ2v) is 3.84. The van der Waals surface area contributed by atoms with Gasteiger partial charge in [-0.1, -0.05) is 18.5 Å². The van der Waals surface area contributed by atoms with Gasteiger partial charge in [0.05, 0.1) is 12.2 Å². The molecule has 0 fully saturated rings. The molecule has 3 nitrogen and oxygen atoms in total. The molecular weight excluding hydrogens is 216 g/mol. The van der Waals surface area contributed by atoms with Crippen LogP contribution in [0.5, 0.6) is 5.75 Å². The van der Waals surface area contributed by atoms with Crippen molar-refractivity contribution >= 4 is 17.9 Å². The molecule has 0 radical (unpaired) electrons. The monoisotopic (exact) mass is 228 g/mol. The van der Waals surface area contributed by atoms with Gasteiger partial charge in [-0.25, -0.2) is 0 Å². The van der Waals surface area contributed by atoms with Gasteiger partial charge >= 0.3 is 0 Å². The molecule has 0 aliphatic carbocycles. The van der Waals surface area contributed by atoms with Gasteiger partial charge in [-0.15, -0.1) is 0 Å². The molecule has 1 N–H and O–H groups in total. The first-order chi connectivity index (χ1) is 7.17. The number of benzene rings is 1. The van der Waals surface area contributed by atoms with E-state index in [4.69, 9.17) is 21.4 Å². The van der Waals surface area contributed by atoms with Gasteiger partial charge in [0.15, 0.2) is 6.29 Å². The predicted molar refractivity (Wildman–Crippen MR) is 58.6 cm³/mol. The minimum absolute atomic E-state index is 0.0418. The van der Waals surface area contributed by atoms with Crippen LogP contribution in [0, 0.1) is 5.92 Å². The van der Waals surface area contributed by atoms with E-state index in [1.165, 1.54) is 0 Å². The van der Waals surface area contributed by atoms with Crippen LogP contribution in [-0.2, 0) is 0 Å². The summed E-state index contributed by atoms with van der Waals surface area (Å²) in [5, 5.41) is 9.31. The summed E-state index contributed by atoms with van der Waals surface area (Å²) in [5.74, 6) is 0.537. The van der Waals surface area contributed by atoms with Gasteiger partial charge in [-0.3, -0.25) is 4.79 Å². The zero-order valence-electron chi connectivity index (χ0n) is 8.44. The van der Waals surface area contributed by atoms with E-state index < -0.39 is 0 Å². The Labute approximate surface area is 93.6 Å². The molecule has 0 amide bonds. The summed E-state index contributed by atoms with van der Waals surface area (Å²) in [5.41, 5.74) is 0.424. The number of carbonyl (C=O) groups is 1. The number of carbonyl (C=O) groups excluding carboxylic acids is 1. The molecule has 0 aliphatic heterocycles. The van der Waals surface area contributed by atoms with Crippen LogP contribution in [0.15, 0.2) is 18.2 Å². The first kappa shape index (κ1) is 12.0. The van der Waals surface area contributed by atoms with E-state index in [1.54, 1.807) is 18.2 Å². The summed E-state index contributed by atoms with van der Waals surface area (Å²) in [6.45, 7) is 2.29. The van der Waals surface area contributed by atoms with Crippen LogP contribution in [0.1, 0.15) is 17.3 Å². The van der Waals surface area contributed by atoms with Crippen LogP contribution in [0.2, 0.25) is 5.02 Å². The fraction of sp³-hybridized carbons (Fsp3) is 0.364. The van der Waals surface area contributed by atoms with E-state index in [1.807, 2.05) is 6.92 Å². The molecule has 0 spiro atoms. The number of aliphatic hydroxyl groups is 1. The molecule has 82 valence electrons. The minimum Gasteiger partial charge on any atom is -0.492 e. The third-order valence-corrected chi connectivity index (χ3v) is 2.17. The molecule has 1 aromatic carbocycles. The molecule has 1 aromatic rings. The zero-order valence-corrected chi connectivity index (χ0v) is 9.20. The van der Waals surface area contributed by atoms with Crippen molar-refractivity contribution in [2.45, 2.75) is 6.92 Å². The smallest absolute Gasteiger partial charge is 0.153 e. The molecule has 0 aromatic heterocycles. The number of hydrogen-bond acceptors (Lipinski definition) is 3. The van der Waals surface area contributed by atoms with E-state index in [-0.39, 0.29) is 12.5 Å². The average molecular weight is 229 g/mol. The topological polar surface area (TPSA) is 46.5 Å². The summed E-state index contributed by atoms with van der Waals surface area (Å²) in [6, 6.07) is 4.86. The highest BCUT2D eigenvalue weighted by molar-refractivity contribution is 6.30. The molecule has 0 saturated carbocycles. The third kappa shape index (κ3) is 3.53. The van der Waals surface area contributed by atoms with Crippen molar-refractivity contribution < 1.29 is 14.6 Å². The van der Waals surface area contributed by atoms with Crippen LogP contribution >= 0.6 is 11.6 Å². The third-order valence-electron chi connectivity index (χ3n) is 1.93. The number of halogens is 1. The van der Waals surface area contributed by atoms with E-state index in [9.17, 15) is 4.79 Å². The maximum Gasteiger partial charge on any atom is 0.153 e. The predicted octanol–water partition coefficient (Wildman–Crippen LogP) is 2.16. The average Bonchev–Trinajstić information content (AvgIpc) is 2.26. The molecule has 0 bridgehead atoms. The number of ether oxygens (including phenoxy) is 1. The highest BCUT2D eigenvalue weighted by Gasteiger charge is 2.06. The minimum atomic E-state index is 0.0418. The highest BCUT2D eigenvalue weighted by atomic mass is 35.5. The van der Waals surface area contributed by atoms with Gasteiger partial charge in [-0.2, -0.15) is 0 Å². The summed E-state index contributed by atoms with van der Waals surface area (Å²) >= 11 is 5.73. The van der Waals surface area contributed by atoms with Crippen LogP contribution < -0.4 is 4.74 Å². The summed E-state index contributed by atoms with van der Waals surface area (Å²) in [6.07, 6.45) is 0.699.